The summed E-state index contributed by atoms with van der Waals surface area (Å²) in [7, 11) is -3.89. The minimum Gasteiger partial charge on any atom is -0.457 e. The molecule has 0 spiro atoms. The van der Waals surface area contributed by atoms with Crippen molar-refractivity contribution < 1.29 is 31.4 Å². The Labute approximate surface area is 212 Å². The van der Waals surface area contributed by atoms with Gasteiger partial charge in [-0.05, 0) is 67.8 Å². The van der Waals surface area contributed by atoms with Crippen molar-refractivity contribution in [3.05, 3.63) is 84.1 Å². The molecule has 0 saturated heterocycles. The maximum atomic E-state index is 13.6. The van der Waals surface area contributed by atoms with Crippen LogP contribution < -0.4 is 9.46 Å². The fraction of sp³-hybridized carbons (Fsp3) is 0.222. The second-order valence-corrected chi connectivity index (χ2v) is 11.0. The second kappa shape index (κ2) is 9.77. The summed E-state index contributed by atoms with van der Waals surface area (Å²) < 4.78 is 74.2. The standard InChI is InChI=1S/C27H25F3N2O4S/c1-17-15-31-25-22(11-6-12-23(25)27(28,29)30)24(17)18-7-4-8-19(13-18)36-20-9-5-10-21(14-20)37(34,35)32-16-26(2,3)33/h4-15,32-33H,16H2,1-3H3. The molecular weight excluding hydrogens is 505 g/mol. The molecule has 4 rings (SSSR count). The third kappa shape index (κ3) is 6.10. The van der Waals surface area contributed by atoms with Gasteiger partial charge in [0, 0.05) is 24.2 Å². The highest BCUT2D eigenvalue weighted by Gasteiger charge is 2.33. The largest absolute Gasteiger partial charge is 0.457 e. The van der Waals surface area contributed by atoms with Gasteiger partial charge in [0.05, 0.1) is 21.6 Å². The van der Waals surface area contributed by atoms with Gasteiger partial charge in [-0.2, -0.15) is 13.2 Å². The third-order valence-corrected chi connectivity index (χ3v) is 6.96. The molecule has 0 unspecified atom stereocenters. The molecule has 0 bridgehead atoms. The van der Waals surface area contributed by atoms with Gasteiger partial charge in [0.15, 0.2) is 0 Å². The second-order valence-electron chi connectivity index (χ2n) is 9.26. The van der Waals surface area contributed by atoms with Gasteiger partial charge in [0.1, 0.15) is 11.5 Å². The summed E-state index contributed by atoms with van der Waals surface area (Å²) in [5.41, 5.74) is -0.271. The van der Waals surface area contributed by atoms with E-state index in [1.54, 1.807) is 43.3 Å². The molecule has 3 aromatic carbocycles. The number of aliphatic hydroxyl groups is 1. The summed E-state index contributed by atoms with van der Waals surface area (Å²) in [6.45, 7) is 4.57. The van der Waals surface area contributed by atoms with Gasteiger partial charge >= 0.3 is 6.18 Å². The van der Waals surface area contributed by atoms with E-state index in [1.165, 1.54) is 44.3 Å². The minimum atomic E-state index is -4.54. The maximum Gasteiger partial charge on any atom is 0.418 e. The molecule has 2 N–H and O–H groups in total. The van der Waals surface area contributed by atoms with Crippen LogP contribution in [0.2, 0.25) is 0 Å². The topological polar surface area (TPSA) is 88.5 Å². The number of benzene rings is 3. The first-order chi connectivity index (χ1) is 17.2. The SMILES string of the molecule is Cc1cnc2c(C(F)(F)F)cccc2c1-c1cccc(Oc2cccc(S(=O)(=O)NCC(C)(C)O)c2)c1. The molecule has 0 aliphatic carbocycles. The van der Waals surface area contributed by atoms with Crippen molar-refractivity contribution >= 4 is 20.9 Å². The number of hydrogen-bond acceptors (Lipinski definition) is 5. The van der Waals surface area contributed by atoms with Crippen LogP contribution >= 0.6 is 0 Å². The molecule has 0 aliphatic heterocycles. The summed E-state index contributed by atoms with van der Waals surface area (Å²) in [6, 6.07) is 16.6. The molecule has 0 fully saturated rings. The summed E-state index contributed by atoms with van der Waals surface area (Å²) >= 11 is 0. The van der Waals surface area contributed by atoms with E-state index >= 15 is 0 Å². The molecule has 4 aromatic rings. The summed E-state index contributed by atoms with van der Waals surface area (Å²) in [5, 5.41) is 10.2. The van der Waals surface area contributed by atoms with E-state index in [0.29, 0.717) is 27.8 Å². The molecule has 10 heteroatoms. The van der Waals surface area contributed by atoms with Crippen LogP contribution in [0.5, 0.6) is 11.5 Å². The Hall–Kier alpha value is -3.47. The van der Waals surface area contributed by atoms with Gasteiger partial charge in [-0.3, -0.25) is 4.98 Å². The highest BCUT2D eigenvalue weighted by atomic mass is 32.2. The molecule has 6 nitrogen and oxygen atoms in total. The summed E-state index contributed by atoms with van der Waals surface area (Å²) in [5.74, 6) is 0.617. The van der Waals surface area contributed by atoms with Crippen molar-refractivity contribution in [2.24, 2.45) is 0 Å². The number of hydrogen-bond donors (Lipinski definition) is 2. The first-order valence-corrected chi connectivity index (χ1v) is 12.8. The van der Waals surface area contributed by atoms with Crippen molar-refractivity contribution in [2.75, 3.05) is 6.54 Å². The number of sulfonamides is 1. The molecule has 37 heavy (non-hydrogen) atoms. The van der Waals surface area contributed by atoms with Crippen LogP contribution in [0.25, 0.3) is 22.0 Å². The number of aromatic nitrogens is 1. The molecular formula is C27H25F3N2O4S. The predicted octanol–water partition coefficient (Wildman–Crippen LogP) is 6.07. The van der Waals surface area contributed by atoms with Crippen LogP contribution in [0, 0.1) is 6.92 Å². The van der Waals surface area contributed by atoms with Crippen molar-refractivity contribution in [1.82, 2.24) is 9.71 Å². The van der Waals surface area contributed by atoms with Crippen LogP contribution in [-0.2, 0) is 16.2 Å². The van der Waals surface area contributed by atoms with Crippen LogP contribution in [0.4, 0.5) is 13.2 Å². The van der Waals surface area contributed by atoms with Crippen LogP contribution in [-0.4, -0.2) is 30.7 Å². The zero-order chi connectivity index (χ0) is 27.0. The van der Waals surface area contributed by atoms with E-state index < -0.39 is 27.4 Å². The van der Waals surface area contributed by atoms with Gasteiger partial charge in [-0.25, -0.2) is 13.1 Å². The minimum absolute atomic E-state index is 0.0407. The molecule has 0 saturated carbocycles. The lowest BCUT2D eigenvalue weighted by Gasteiger charge is -2.18. The van der Waals surface area contributed by atoms with Gasteiger partial charge in [-0.1, -0.05) is 30.3 Å². The summed E-state index contributed by atoms with van der Waals surface area (Å²) in [6.07, 6.45) is -3.13. The number of pyridine rings is 1. The average Bonchev–Trinajstić information content (AvgIpc) is 2.82. The van der Waals surface area contributed by atoms with E-state index in [4.69, 9.17) is 4.74 Å². The van der Waals surface area contributed by atoms with Crippen molar-refractivity contribution in [1.29, 1.82) is 0 Å². The van der Waals surface area contributed by atoms with Gasteiger partial charge < -0.3 is 9.84 Å². The van der Waals surface area contributed by atoms with Crippen LogP contribution in [0.15, 0.2) is 77.8 Å². The first-order valence-electron chi connectivity index (χ1n) is 11.3. The van der Waals surface area contributed by atoms with E-state index in [9.17, 15) is 26.7 Å². The van der Waals surface area contributed by atoms with Crippen molar-refractivity contribution in [3.8, 4) is 22.6 Å². The molecule has 0 radical (unpaired) electrons. The van der Waals surface area contributed by atoms with E-state index in [-0.39, 0.29) is 22.7 Å². The van der Waals surface area contributed by atoms with Crippen molar-refractivity contribution in [3.63, 3.8) is 0 Å². The number of ether oxygens (including phenoxy) is 1. The highest BCUT2D eigenvalue weighted by Crippen LogP contribution is 2.39. The molecule has 1 aromatic heterocycles. The number of nitrogens with zero attached hydrogens (tertiary/aromatic N) is 1. The Balaban J connectivity index is 1.69. The van der Waals surface area contributed by atoms with E-state index in [2.05, 4.69) is 9.71 Å². The Morgan fingerprint density at radius 2 is 1.62 bits per heavy atom. The quantitative estimate of drug-likeness (QED) is 0.303. The normalized spacial score (nSPS) is 12.6. The lowest BCUT2D eigenvalue weighted by molar-refractivity contribution is -0.136. The van der Waals surface area contributed by atoms with E-state index in [0.717, 1.165) is 6.07 Å². The molecule has 0 aliphatic rings. The van der Waals surface area contributed by atoms with Crippen molar-refractivity contribution in [2.45, 2.75) is 37.4 Å². The zero-order valence-corrected chi connectivity index (χ0v) is 21.1. The molecule has 1 heterocycles. The van der Waals surface area contributed by atoms with Crippen LogP contribution in [0.1, 0.15) is 25.0 Å². The first kappa shape index (κ1) is 26.6. The number of para-hydroxylation sites is 1. The number of nitrogens with one attached hydrogen (secondary N) is 1. The molecule has 0 atom stereocenters. The molecule has 194 valence electrons. The fourth-order valence-corrected chi connectivity index (χ4v) is 5.08. The third-order valence-electron chi connectivity index (χ3n) is 5.56. The summed E-state index contributed by atoms with van der Waals surface area (Å²) in [4.78, 5) is 4.02. The van der Waals surface area contributed by atoms with Gasteiger partial charge in [-0.15, -0.1) is 0 Å². The number of halogens is 3. The highest BCUT2D eigenvalue weighted by molar-refractivity contribution is 7.89. The number of aryl methyl sites for hydroxylation is 1. The Kier molecular flexibility index (Phi) is 7.02. The Morgan fingerprint density at radius 3 is 2.30 bits per heavy atom. The maximum absolute atomic E-state index is 13.6. The average molecular weight is 531 g/mol. The van der Waals surface area contributed by atoms with Gasteiger partial charge in [0.2, 0.25) is 10.0 Å². The monoisotopic (exact) mass is 530 g/mol. The Bertz CT molecular complexity index is 1560. The van der Waals surface area contributed by atoms with Gasteiger partial charge in [0.25, 0.3) is 0 Å². The molecule has 0 amide bonds. The van der Waals surface area contributed by atoms with E-state index in [1.807, 2.05) is 0 Å². The number of fused-ring (bicyclic) bond motifs is 1. The lowest BCUT2D eigenvalue weighted by Crippen LogP contribution is -2.38. The lowest BCUT2D eigenvalue weighted by atomic mass is 9.95. The smallest absolute Gasteiger partial charge is 0.418 e. The predicted molar refractivity (Wildman–Crippen MR) is 135 cm³/mol. The number of alkyl halides is 3. The van der Waals surface area contributed by atoms with Crippen LogP contribution in [0.3, 0.4) is 0 Å². The fourth-order valence-electron chi connectivity index (χ4n) is 3.85. The number of rotatable bonds is 7. The zero-order valence-electron chi connectivity index (χ0n) is 20.3. The Morgan fingerprint density at radius 1 is 0.973 bits per heavy atom.